The molecule has 0 amide bonds. The van der Waals surface area contributed by atoms with Gasteiger partial charge in [0, 0.05) is 26.6 Å². The van der Waals surface area contributed by atoms with Gasteiger partial charge in [0.05, 0.1) is 16.4 Å². The summed E-state index contributed by atoms with van der Waals surface area (Å²) in [5.41, 5.74) is 4.90. The minimum absolute atomic E-state index is 1.15. The zero-order valence-electron chi connectivity index (χ0n) is 18.9. The van der Waals surface area contributed by atoms with E-state index >= 15 is 0 Å². The minimum atomic E-state index is 1.15. The van der Waals surface area contributed by atoms with Crippen molar-refractivity contribution in [3.63, 3.8) is 0 Å². The van der Waals surface area contributed by atoms with Crippen molar-refractivity contribution in [2.24, 2.45) is 0 Å². The lowest BCUT2D eigenvalue weighted by Crippen LogP contribution is -2.32. The van der Waals surface area contributed by atoms with Crippen LogP contribution in [0.15, 0.2) is 79.4 Å². The largest absolute Gasteiger partial charge is 0.307 e. The molecule has 0 aliphatic heterocycles. The van der Waals surface area contributed by atoms with E-state index in [-0.39, 0.29) is 0 Å². The van der Waals surface area contributed by atoms with Crippen molar-refractivity contribution in [1.82, 2.24) is 4.40 Å². The first kappa shape index (κ1) is 20.7. The molecule has 0 radical (unpaired) electrons. The molecule has 0 aliphatic rings. The van der Waals surface area contributed by atoms with Gasteiger partial charge < -0.3 is 4.40 Å². The van der Waals surface area contributed by atoms with E-state index in [9.17, 15) is 0 Å². The number of benzene rings is 2. The molecule has 0 N–H and O–H groups in total. The zero-order chi connectivity index (χ0) is 22.1. The first-order valence-electron chi connectivity index (χ1n) is 10.8. The summed E-state index contributed by atoms with van der Waals surface area (Å²) in [4.78, 5) is 0. The fourth-order valence-corrected chi connectivity index (χ4v) is 4.60. The average molecular weight is 404 g/mol. The van der Waals surface area contributed by atoms with Crippen LogP contribution in [-0.2, 0) is 0 Å². The quantitative estimate of drug-likeness (QED) is 0.417. The maximum absolute atomic E-state index is 3.99. The van der Waals surface area contributed by atoms with Gasteiger partial charge in [-0.1, -0.05) is 97.7 Å². The fourth-order valence-electron chi connectivity index (χ4n) is 4.60. The van der Waals surface area contributed by atoms with Gasteiger partial charge in [-0.15, -0.1) is 0 Å². The molecule has 0 atom stereocenters. The van der Waals surface area contributed by atoms with Gasteiger partial charge in [0.15, 0.2) is 0 Å². The summed E-state index contributed by atoms with van der Waals surface area (Å²) in [5.74, 6) is 0. The molecule has 4 aromatic rings. The van der Waals surface area contributed by atoms with E-state index in [0.29, 0.717) is 0 Å². The Morgan fingerprint density at radius 3 is 2.29 bits per heavy atom. The second-order valence-corrected chi connectivity index (χ2v) is 7.92. The van der Waals surface area contributed by atoms with Gasteiger partial charge in [0.25, 0.3) is 0 Å². The molecule has 0 unspecified atom stereocenters. The Labute approximate surface area is 183 Å². The first-order valence-corrected chi connectivity index (χ1v) is 10.8. The molecule has 4 rings (SSSR count). The molecule has 2 aromatic carbocycles. The Morgan fingerprint density at radius 2 is 1.61 bits per heavy atom. The Hall–Kier alpha value is -3.58. The van der Waals surface area contributed by atoms with E-state index < -0.39 is 0 Å². The monoisotopic (exact) mass is 403 g/mol. The minimum Gasteiger partial charge on any atom is -0.307 e. The molecule has 1 nitrogen and oxygen atoms in total. The van der Waals surface area contributed by atoms with E-state index in [4.69, 9.17) is 0 Å². The maximum Gasteiger partial charge on any atom is 0.0620 e. The molecular formula is C30H29N. The van der Waals surface area contributed by atoms with Crippen molar-refractivity contribution >= 4 is 51.0 Å². The highest BCUT2D eigenvalue weighted by atomic mass is 14.9. The molecule has 2 heterocycles. The number of para-hydroxylation sites is 1. The molecule has 0 spiro atoms. The van der Waals surface area contributed by atoms with Crippen molar-refractivity contribution < 1.29 is 0 Å². The lowest BCUT2D eigenvalue weighted by atomic mass is 10.1. The molecule has 0 saturated carbocycles. The van der Waals surface area contributed by atoms with Gasteiger partial charge in [-0.05, 0) is 38.5 Å². The number of rotatable bonds is 4. The van der Waals surface area contributed by atoms with Gasteiger partial charge in [0.1, 0.15) is 0 Å². The van der Waals surface area contributed by atoms with Crippen LogP contribution in [0.4, 0.5) is 0 Å². The first-order chi connectivity index (χ1) is 15.1. The van der Waals surface area contributed by atoms with Crippen LogP contribution in [-0.4, -0.2) is 4.40 Å². The van der Waals surface area contributed by atoms with E-state index in [2.05, 4.69) is 112 Å². The van der Waals surface area contributed by atoms with Crippen LogP contribution < -0.4 is 21.0 Å². The molecule has 0 saturated heterocycles. The van der Waals surface area contributed by atoms with Crippen molar-refractivity contribution in [2.45, 2.75) is 27.7 Å². The van der Waals surface area contributed by atoms with Crippen LogP contribution in [0.2, 0.25) is 0 Å². The van der Waals surface area contributed by atoms with Crippen molar-refractivity contribution in [3.05, 3.63) is 100 Å². The summed E-state index contributed by atoms with van der Waals surface area (Å²) in [6.45, 7) is 16.3. The van der Waals surface area contributed by atoms with Crippen molar-refractivity contribution in [3.8, 4) is 0 Å². The molecule has 0 bridgehead atoms. The van der Waals surface area contributed by atoms with Crippen LogP contribution in [0.1, 0.15) is 27.7 Å². The average Bonchev–Trinajstić information content (AvgIpc) is 3.29. The number of fused-ring (bicyclic) bond motifs is 3. The SMILES string of the molecule is C=C/C=c1\c(=C/C)ccc2c3cccc4c(=C/C=C(\C)C=C)/c(=C(C)/C=C\C)n(c12)c43. The lowest BCUT2D eigenvalue weighted by molar-refractivity contribution is 1.19. The van der Waals surface area contributed by atoms with E-state index in [1.807, 2.05) is 12.2 Å². The summed E-state index contributed by atoms with van der Waals surface area (Å²) in [6, 6.07) is 11.1. The van der Waals surface area contributed by atoms with Crippen molar-refractivity contribution in [2.75, 3.05) is 0 Å². The third kappa shape index (κ3) is 3.18. The van der Waals surface area contributed by atoms with E-state index in [0.717, 1.165) is 5.57 Å². The third-order valence-corrected chi connectivity index (χ3v) is 6.01. The Balaban J connectivity index is 2.49. The number of nitrogens with zero attached hydrogens (tertiary/aromatic N) is 1. The summed E-state index contributed by atoms with van der Waals surface area (Å²) < 4.78 is 2.46. The van der Waals surface area contributed by atoms with Gasteiger partial charge in [-0.2, -0.15) is 0 Å². The molecule has 31 heavy (non-hydrogen) atoms. The number of hydrogen-bond acceptors (Lipinski definition) is 0. The van der Waals surface area contributed by atoms with Gasteiger partial charge in [0.2, 0.25) is 0 Å². The zero-order valence-corrected chi connectivity index (χ0v) is 18.9. The Kier molecular flexibility index (Phi) is 5.52. The summed E-state index contributed by atoms with van der Waals surface area (Å²) in [7, 11) is 0. The molecule has 2 aromatic heterocycles. The summed E-state index contributed by atoms with van der Waals surface area (Å²) >= 11 is 0. The highest BCUT2D eigenvalue weighted by Gasteiger charge is 2.16. The van der Waals surface area contributed by atoms with Crippen LogP contribution in [0.3, 0.4) is 0 Å². The highest BCUT2D eigenvalue weighted by Crippen LogP contribution is 2.28. The maximum atomic E-state index is 3.99. The van der Waals surface area contributed by atoms with Crippen molar-refractivity contribution in [1.29, 1.82) is 0 Å². The smallest absolute Gasteiger partial charge is 0.0620 e. The van der Waals surface area contributed by atoms with Gasteiger partial charge in [-0.3, -0.25) is 0 Å². The normalized spacial score (nSPS) is 15.9. The van der Waals surface area contributed by atoms with E-state index in [1.54, 1.807) is 0 Å². The van der Waals surface area contributed by atoms with Crippen LogP contribution in [0, 0.1) is 0 Å². The van der Waals surface area contributed by atoms with Crippen LogP contribution in [0.25, 0.3) is 51.0 Å². The summed E-state index contributed by atoms with van der Waals surface area (Å²) in [6.07, 6.45) is 16.8. The van der Waals surface area contributed by atoms with Gasteiger partial charge >= 0.3 is 0 Å². The number of hydrogen-bond donors (Lipinski definition) is 0. The number of aromatic nitrogens is 1. The Bertz CT molecular complexity index is 1630. The topological polar surface area (TPSA) is 4.41 Å². The van der Waals surface area contributed by atoms with Crippen LogP contribution in [0.5, 0.6) is 0 Å². The second-order valence-electron chi connectivity index (χ2n) is 7.92. The predicted molar refractivity (Wildman–Crippen MR) is 139 cm³/mol. The highest BCUT2D eigenvalue weighted by molar-refractivity contribution is 6.15. The van der Waals surface area contributed by atoms with Crippen LogP contribution >= 0.6 is 0 Å². The number of allylic oxidation sites excluding steroid dienone is 6. The molecular weight excluding hydrogens is 374 g/mol. The Morgan fingerprint density at radius 1 is 0.871 bits per heavy atom. The molecule has 0 aliphatic carbocycles. The standard InChI is InChI=1S/C30H29N/c1-7-12-21(6)28-26(18-16-20(5)9-3)24-14-11-15-25-27-19-17-22(10-4)23(13-8-2)29(27)31(28)30(24)25/h7-19H,2-3H2,1,4-6H3/b12-7-,20-16+,22-10-,23-13+,26-18-,28-21-. The summed E-state index contributed by atoms with van der Waals surface area (Å²) in [5, 5.41) is 8.74. The lowest BCUT2D eigenvalue weighted by Gasteiger charge is -2.00. The second kappa shape index (κ2) is 8.28. The molecule has 1 heteroatoms. The third-order valence-electron chi connectivity index (χ3n) is 6.01. The predicted octanol–water partition coefficient (Wildman–Crippen LogP) is 5.11. The van der Waals surface area contributed by atoms with E-state index in [1.165, 1.54) is 53.8 Å². The molecule has 0 fully saturated rings. The molecule has 154 valence electrons. The fraction of sp³-hybridized carbons (Fsp3) is 0.133. The van der Waals surface area contributed by atoms with Gasteiger partial charge in [-0.25, -0.2) is 0 Å².